The summed E-state index contributed by atoms with van der Waals surface area (Å²) >= 11 is 0. The van der Waals surface area contributed by atoms with E-state index in [2.05, 4.69) is 74.5 Å². The molecule has 6 nitrogen and oxygen atoms in total. The van der Waals surface area contributed by atoms with Gasteiger partial charge in [0.15, 0.2) is 0 Å². The van der Waals surface area contributed by atoms with Crippen molar-refractivity contribution < 1.29 is 4.79 Å². The second kappa shape index (κ2) is 12.5. The van der Waals surface area contributed by atoms with Crippen LogP contribution < -0.4 is 4.90 Å². The first-order valence-corrected chi connectivity index (χ1v) is 13.1. The van der Waals surface area contributed by atoms with Crippen LogP contribution in [0.4, 0.5) is 5.69 Å². The summed E-state index contributed by atoms with van der Waals surface area (Å²) < 4.78 is 1.85. The first-order chi connectivity index (χ1) is 17.1. The first kappa shape index (κ1) is 25.0. The van der Waals surface area contributed by atoms with Crippen molar-refractivity contribution in [2.45, 2.75) is 78.4 Å². The molecule has 0 atom stereocenters. The first-order valence-electron chi connectivity index (χ1n) is 13.1. The molecule has 0 radical (unpaired) electrons. The maximum Gasteiger partial charge on any atom is 0.224 e. The Hall–Kier alpha value is -3.15. The molecule has 0 spiro atoms. The van der Waals surface area contributed by atoms with E-state index in [1.165, 1.54) is 48.9 Å². The Morgan fingerprint density at radius 2 is 1.54 bits per heavy atom. The Balaban J connectivity index is 1.54. The van der Waals surface area contributed by atoms with E-state index < -0.39 is 0 Å². The predicted octanol–water partition coefficient (Wildman–Crippen LogP) is 5.67. The lowest BCUT2D eigenvalue weighted by Crippen LogP contribution is -2.33. The summed E-state index contributed by atoms with van der Waals surface area (Å²) in [6.45, 7) is 7.78. The van der Waals surface area contributed by atoms with Gasteiger partial charge in [-0.2, -0.15) is 5.10 Å². The van der Waals surface area contributed by atoms with E-state index in [-0.39, 0.29) is 5.91 Å². The number of fused-ring (bicyclic) bond motifs is 1. The minimum Gasteiger partial charge on any atom is -0.367 e. The molecule has 0 fully saturated rings. The van der Waals surface area contributed by atoms with Crippen LogP contribution in [0.3, 0.4) is 0 Å². The quantitative estimate of drug-likeness (QED) is 0.479. The average molecular weight is 474 g/mol. The molecule has 0 N–H and O–H groups in total. The van der Waals surface area contributed by atoms with Crippen LogP contribution in [0.1, 0.15) is 67.7 Å². The smallest absolute Gasteiger partial charge is 0.224 e. The van der Waals surface area contributed by atoms with Crippen molar-refractivity contribution in [3.8, 4) is 0 Å². The lowest BCUT2D eigenvalue weighted by atomic mass is 10.1. The minimum absolute atomic E-state index is 0.192. The summed E-state index contributed by atoms with van der Waals surface area (Å²) in [4.78, 5) is 22.4. The maximum absolute atomic E-state index is 13.4. The highest BCUT2D eigenvalue weighted by Crippen LogP contribution is 2.26. The molecule has 35 heavy (non-hydrogen) atoms. The van der Waals surface area contributed by atoms with Crippen LogP contribution in [0.15, 0.2) is 54.6 Å². The number of aryl methyl sites for hydroxylation is 3. The van der Waals surface area contributed by atoms with E-state index in [9.17, 15) is 4.79 Å². The molecule has 0 unspecified atom stereocenters. The standard InChI is InChI=1S/C29H39N5O/c1-24-30-25(2)34(31-24)21-18-29(35)33-20-13-6-4-3-5-12-19-32(22-26-14-8-7-9-15-26)28-17-11-10-16-27(28)23-33/h7-11,14-17H,3-6,12-13,18-23H2,1-2H3. The van der Waals surface area contributed by atoms with Crippen LogP contribution in [0.25, 0.3) is 0 Å². The van der Waals surface area contributed by atoms with Crippen LogP contribution in [0, 0.1) is 13.8 Å². The summed E-state index contributed by atoms with van der Waals surface area (Å²) in [5, 5.41) is 4.44. The van der Waals surface area contributed by atoms with Gasteiger partial charge in [0.05, 0.1) is 6.54 Å². The number of hydrogen-bond donors (Lipinski definition) is 0. The Morgan fingerprint density at radius 3 is 2.29 bits per heavy atom. The fourth-order valence-corrected chi connectivity index (χ4v) is 4.98. The molecule has 0 saturated carbocycles. The monoisotopic (exact) mass is 473 g/mol. The number of hydrogen-bond acceptors (Lipinski definition) is 4. The zero-order valence-electron chi connectivity index (χ0n) is 21.3. The van der Waals surface area contributed by atoms with Gasteiger partial charge < -0.3 is 9.80 Å². The molecule has 0 bridgehead atoms. The number of carbonyl (C=O) groups is 1. The molecule has 6 heteroatoms. The third-order valence-electron chi connectivity index (χ3n) is 6.87. The molecule has 0 aliphatic carbocycles. The minimum atomic E-state index is 0.192. The zero-order valence-corrected chi connectivity index (χ0v) is 21.3. The third kappa shape index (κ3) is 7.17. The van der Waals surface area contributed by atoms with E-state index in [0.717, 1.165) is 37.7 Å². The van der Waals surface area contributed by atoms with Gasteiger partial charge in [-0.1, -0.05) is 74.2 Å². The van der Waals surface area contributed by atoms with E-state index in [1.54, 1.807) is 0 Å². The molecule has 3 aromatic rings. The number of amides is 1. The van der Waals surface area contributed by atoms with Crippen molar-refractivity contribution in [2.75, 3.05) is 18.0 Å². The highest BCUT2D eigenvalue weighted by Gasteiger charge is 2.19. The van der Waals surface area contributed by atoms with Crippen LogP contribution in [-0.4, -0.2) is 38.7 Å². The van der Waals surface area contributed by atoms with Gasteiger partial charge in [-0.15, -0.1) is 0 Å². The number of rotatable bonds is 5. The van der Waals surface area contributed by atoms with Gasteiger partial charge in [0.2, 0.25) is 5.91 Å². The molecule has 1 aliphatic rings. The van der Waals surface area contributed by atoms with Crippen molar-refractivity contribution in [1.82, 2.24) is 19.7 Å². The number of nitrogens with zero attached hydrogens (tertiary/aromatic N) is 5. The zero-order chi connectivity index (χ0) is 24.5. The number of para-hydroxylation sites is 1. The summed E-state index contributed by atoms with van der Waals surface area (Å²) in [5.41, 5.74) is 3.79. The van der Waals surface area contributed by atoms with Crippen molar-refractivity contribution in [1.29, 1.82) is 0 Å². The van der Waals surface area contributed by atoms with Crippen LogP contribution in [0.2, 0.25) is 0 Å². The molecule has 1 aromatic heterocycles. The number of anilines is 1. The largest absolute Gasteiger partial charge is 0.367 e. The topological polar surface area (TPSA) is 54.3 Å². The normalized spacial score (nSPS) is 15.6. The molecule has 186 valence electrons. The molecule has 0 saturated heterocycles. The second-order valence-corrected chi connectivity index (χ2v) is 9.65. The summed E-state index contributed by atoms with van der Waals surface area (Å²) in [7, 11) is 0. The van der Waals surface area contributed by atoms with Gasteiger partial charge in [0, 0.05) is 38.3 Å². The third-order valence-corrected chi connectivity index (χ3v) is 6.87. The highest BCUT2D eigenvalue weighted by molar-refractivity contribution is 5.76. The summed E-state index contributed by atoms with van der Waals surface area (Å²) in [6.07, 6.45) is 7.64. The van der Waals surface area contributed by atoms with Crippen LogP contribution in [0.5, 0.6) is 0 Å². The Morgan fingerprint density at radius 1 is 0.857 bits per heavy atom. The van der Waals surface area contributed by atoms with Crippen LogP contribution in [-0.2, 0) is 24.4 Å². The lowest BCUT2D eigenvalue weighted by Gasteiger charge is -2.30. The molecular formula is C29H39N5O. The van der Waals surface area contributed by atoms with E-state index in [1.807, 2.05) is 18.5 Å². The van der Waals surface area contributed by atoms with Crippen molar-refractivity contribution in [2.24, 2.45) is 0 Å². The fraction of sp³-hybridized carbons (Fsp3) is 0.483. The molecular weight excluding hydrogens is 434 g/mol. The molecule has 1 aliphatic heterocycles. The van der Waals surface area contributed by atoms with Gasteiger partial charge in [-0.3, -0.25) is 4.79 Å². The Kier molecular flexibility index (Phi) is 8.93. The van der Waals surface area contributed by atoms with Crippen molar-refractivity contribution >= 4 is 11.6 Å². The van der Waals surface area contributed by atoms with Gasteiger partial charge in [-0.05, 0) is 43.9 Å². The Labute approximate surface area is 210 Å². The second-order valence-electron chi connectivity index (χ2n) is 9.65. The highest BCUT2D eigenvalue weighted by atomic mass is 16.2. The predicted molar refractivity (Wildman–Crippen MR) is 141 cm³/mol. The van der Waals surface area contributed by atoms with Gasteiger partial charge in [0.1, 0.15) is 11.6 Å². The fourth-order valence-electron chi connectivity index (χ4n) is 4.98. The maximum atomic E-state index is 13.4. The van der Waals surface area contributed by atoms with Gasteiger partial charge in [-0.25, -0.2) is 9.67 Å². The number of benzene rings is 2. The average Bonchev–Trinajstić information content (AvgIpc) is 3.20. The summed E-state index contributed by atoms with van der Waals surface area (Å²) in [6, 6.07) is 19.3. The van der Waals surface area contributed by atoms with Gasteiger partial charge >= 0.3 is 0 Å². The van der Waals surface area contributed by atoms with E-state index in [0.29, 0.717) is 19.5 Å². The number of carbonyl (C=O) groups excluding carboxylic acids is 1. The molecule has 2 heterocycles. The van der Waals surface area contributed by atoms with E-state index >= 15 is 0 Å². The molecule has 2 aromatic carbocycles. The van der Waals surface area contributed by atoms with Gasteiger partial charge in [0.25, 0.3) is 0 Å². The SMILES string of the molecule is Cc1nc(C)n(CCC(=O)N2CCCCCCCCN(Cc3ccccc3)c3ccccc3C2)n1. The van der Waals surface area contributed by atoms with Crippen LogP contribution >= 0.6 is 0 Å². The van der Waals surface area contributed by atoms with E-state index in [4.69, 9.17) is 0 Å². The lowest BCUT2D eigenvalue weighted by molar-refractivity contribution is -0.132. The van der Waals surface area contributed by atoms with Crippen molar-refractivity contribution in [3.63, 3.8) is 0 Å². The number of aromatic nitrogens is 3. The van der Waals surface area contributed by atoms with Crippen molar-refractivity contribution in [3.05, 3.63) is 77.4 Å². The summed E-state index contributed by atoms with van der Waals surface area (Å²) in [5.74, 6) is 1.81. The molecule has 1 amide bonds. The molecule has 4 rings (SSSR count). The Bertz CT molecular complexity index is 1080.